The molecule has 0 aliphatic carbocycles. The molecule has 36 heavy (non-hydrogen) atoms. The van der Waals surface area contributed by atoms with Crippen molar-refractivity contribution in [3.63, 3.8) is 0 Å². The van der Waals surface area contributed by atoms with Gasteiger partial charge in [0.2, 0.25) is 5.91 Å². The first-order valence-electron chi connectivity index (χ1n) is 12.2. The van der Waals surface area contributed by atoms with E-state index in [1.165, 1.54) is 6.42 Å². The van der Waals surface area contributed by atoms with Gasteiger partial charge in [0.15, 0.2) is 11.4 Å². The van der Waals surface area contributed by atoms with Gasteiger partial charge < -0.3 is 19.9 Å². The summed E-state index contributed by atoms with van der Waals surface area (Å²) < 4.78 is 7.81. The minimum atomic E-state index is -1.21. The van der Waals surface area contributed by atoms with Gasteiger partial charge in [0.05, 0.1) is 6.61 Å². The Morgan fingerprint density at radius 2 is 1.97 bits per heavy atom. The summed E-state index contributed by atoms with van der Waals surface area (Å²) in [4.78, 5) is 40.1. The maximum Gasteiger partial charge on any atom is 0.325 e. The number of carbonyl (C=O) groups is 3. The highest BCUT2D eigenvalue weighted by Crippen LogP contribution is 2.40. The third-order valence-electron chi connectivity index (χ3n) is 7.07. The summed E-state index contributed by atoms with van der Waals surface area (Å²) in [7, 11) is 0. The summed E-state index contributed by atoms with van der Waals surface area (Å²) in [5.41, 5.74) is 0.804. The van der Waals surface area contributed by atoms with Crippen LogP contribution >= 0.6 is 0 Å². The number of imide groups is 1. The van der Waals surface area contributed by atoms with E-state index in [2.05, 4.69) is 25.4 Å². The van der Waals surface area contributed by atoms with E-state index >= 15 is 0 Å². The first-order chi connectivity index (χ1) is 17.5. The number of para-hydroxylation sites is 1. The summed E-state index contributed by atoms with van der Waals surface area (Å²) in [5.74, 6) is 1.41. The largest absolute Gasteiger partial charge is 0.493 e. The van der Waals surface area contributed by atoms with Gasteiger partial charge in [-0.25, -0.2) is 4.79 Å². The molecule has 2 aromatic carbocycles. The number of nitrogens with zero attached hydrogens (tertiary/aromatic N) is 4. The molecule has 3 aliphatic rings. The zero-order valence-electron chi connectivity index (χ0n) is 19.7. The quantitative estimate of drug-likeness (QED) is 0.548. The Morgan fingerprint density at radius 3 is 2.89 bits per heavy atom. The third-order valence-corrected chi connectivity index (χ3v) is 7.07. The number of amides is 4. The van der Waals surface area contributed by atoms with Crippen LogP contribution in [0, 0.1) is 0 Å². The molecule has 2 N–H and O–H groups in total. The molecular weight excluding hydrogens is 460 g/mol. The monoisotopic (exact) mass is 486 g/mol. The van der Waals surface area contributed by atoms with E-state index in [1.807, 2.05) is 24.3 Å². The molecule has 1 atom stereocenters. The van der Waals surface area contributed by atoms with Gasteiger partial charge in [-0.1, -0.05) is 36.8 Å². The van der Waals surface area contributed by atoms with Gasteiger partial charge >= 0.3 is 6.03 Å². The van der Waals surface area contributed by atoms with Gasteiger partial charge in [0, 0.05) is 36.2 Å². The fourth-order valence-corrected chi connectivity index (χ4v) is 5.29. The van der Waals surface area contributed by atoms with Crippen molar-refractivity contribution in [3.8, 4) is 17.1 Å². The predicted molar refractivity (Wildman–Crippen MR) is 130 cm³/mol. The molecule has 0 bridgehead atoms. The van der Waals surface area contributed by atoms with E-state index in [9.17, 15) is 14.4 Å². The van der Waals surface area contributed by atoms with Crippen LogP contribution in [0.15, 0.2) is 48.5 Å². The second-order valence-electron chi connectivity index (χ2n) is 9.35. The van der Waals surface area contributed by atoms with Crippen molar-refractivity contribution in [2.24, 2.45) is 0 Å². The number of hydrogen-bond acceptors (Lipinski definition) is 6. The lowest BCUT2D eigenvalue weighted by molar-refractivity contribution is -0.135. The van der Waals surface area contributed by atoms with E-state index in [-0.39, 0.29) is 6.54 Å². The Labute approximate surface area is 207 Å². The number of aromatic nitrogens is 3. The summed E-state index contributed by atoms with van der Waals surface area (Å²) in [5, 5.41) is 14.4. The number of aryl methyl sites for hydroxylation is 1. The molecule has 0 radical (unpaired) electrons. The first kappa shape index (κ1) is 22.3. The normalized spacial score (nSPS) is 20.8. The lowest BCUT2D eigenvalue weighted by Gasteiger charge is -2.33. The van der Waals surface area contributed by atoms with Gasteiger partial charge in [0.1, 0.15) is 18.1 Å². The average Bonchev–Trinajstić information content (AvgIpc) is 3.27. The highest BCUT2D eigenvalue weighted by atomic mass is 16.5. The van der Waals surface area contributed by atoms with Gasteiger partial charge in [0.25, 0.3) is 5.91 Å². The maximum atomic E-state index is 13.4. The minimum absolute atomic E-state index is 0.294. The molecule has 4 heterocycles. The Bertz CT molecular complexity index is 1370. The van der Waals surface area contributed by atoms with Crippen molar-refractivity contribution in [1.82, 2.24) is 25.0 Å². The molecule has 184 valence electrons. The SMILES string of the molecule is O=C(CN1C(=O)N[C@]2(CCOc3ccccc32)C1=O)Nc1cccc(-c2nnc3n2CCCCC3)c1. The van der Waals surface area contributed by atoms with Gasteiger partial charge in [-0.3, -0.25) is 14.5 Å². The van der Waals surface area contributed by atoms with Gasteiger partial charge in [-0.2, -0.15) is 0 Å². The predicted octanol–water partition coefficient (Wildman–Crippen LogP) is 2.84. The number of ether oxygens (including phenoxy) is 1. The van der Waals surface area contributed by atoms with Crippen LogP contribution in [-0.2, 0) is 28.1 Å². The molecule has 3 aliphatic heterocycles. The van der Waals surface area contributed by atoms with Crippen molar-refractivity contribution in [1.29, 1.82) is 0 Å². The molecule has 10 heteroatoms. The highest BCUT2D eigenvalue weighted by Gasteiger charge is 2.55. The second kappa shape index (κ2) is 8.78. The van der Waals surface area contributed by atoms with E-state index in [1.54, 1.807) is 24.3 Å². The Morgan fingerprint density at radius 1 is 1.08 bits per heavy atom. The standard InChI is InChI=1S/C26H26N6O4/c33-22(16-32-24(34)26(28-25(32)35)12-14-36-20-10-4-3-9-19(20)26)27-18-8-6-7-17(15-18)23-30-29-21-11-2-1-5-13-31(21)23/h3-4,6-10,15H,1-2,5,11-14,16H2,(H,27,33)(H,28,35)/t26-/m0/s1. The van der Waals surface area contributed by atoms with Gasteiger partial charge in [-0.15, -0.1) is 10.2 Å². The number of carbonyl (C=O) groups excluding carboxylic acids is 3. The second-order valence-corrected chi connectivity index (χ2v) is 9.35. The number of benzene rings is 2. The molecule has 10 nitrogen and oxygen atoms in total. The number of hydrogen-bond donors (Lipinski definition) is 2. The number of nitrogens with one attached hydrogen (secondary N) is 2. The van der Waals surface area contributed by atoms with Crippen LogP contribution in [0.2, 0.25) is 0 Å². The zero-order valence-corrected chi connectivity index (χ0v) is 19.7. The van der Waals surface area contributed by atoms with Crippen LogP contribution in [0.25, 0.3) is 11.4 Å². The lowest BCUT2D eigenvalue weighted by atomic mass is 9.84. The van der Waals surface area contributed by atoms with Crippen molar-refractivity contribution in [2.45, 2.75) is 44.2 Å². The zero-order chi connectivity index (χ0) is 24.7. The summed E-state index contributed by atoms with van der Waals surface area (Å²) in [6.45, 7) is 0.776. The van der Waals surface area contributed by atoms with Gasteiger partial charge in [-0.05, 0) is 31.0 Å². The molecule has 0 unspecified atom stereocenters. The van der Waals surface area contributed by atoms with Crippen LogP contribution in [0.3, 0.4) is 0 Å². The third kappa shape index (κ3) is 3.69. The highest BCUT2D eigenvalue weighted by molar-refractivity contribution is 6.10. The maximum absolute atomic E-state index is 13.4. The van der Waals surface area contributed by atoms with E-state index in [4.69, 9.17) is 4.74 Å². The van der Waals surface area contributed by atoms with Crippen LogP contribution < -0.4 is 15.4 Å². The molecule has 1 spiro atoms. The molecule has 0 saturated carbocycles. The van der Waals surface area contributed by atoms with Crippen LogP contribution in [-0.4, -0.2) is 50.7 Å². The number of urea groups is 1. The van der Waals surface area contributed by atoms with Crippen LogP contribution in [0.1, 0.15) is 37.1 Å². The molecular formula is C26H26N6O4. The molecule has 1 fully saturated rings. The molecule has 3 aromatic rings. The molecule has 1 aromatic heterocycles. The fourth-order valence-electron chi connectivity index (χ4n) is 5.29. The lowest BCUT2D eigenvalue weighted by Crippen LogP contribution is -2.48. The summed E-state index contributed by atoms with van der Waals surface area (Å²) in [6, 6.07) is 13.9. The van der Waals surface area contributed by atoms with Crippen molar-refractivity contribution in [3.05, 3.63) is 59.9 Å². The molecule has 6 rings (SSSR count). The average molecular weight is 487 g/mol. The Kier molecular flexibility index (Phi) is 5.43. The first-order valence-corrected chi connectivity index (χ1v) is 12.2. The van der Waals surface area contributed by atoms with Crippen molar-refractivity contribution in [2.75, 3.05) is 18.5 Å². The minimum Gasteiger partial charge on any atom is -0.493 e. The number of rotatable bonds is 4. The fraction of sp³-hybridized carbons (Fsp3) is 0.346. The van der Waals surface area contributed by atoms with E-state index in [0.29, 0.717) is 30.0 Å². The van der Waals surface area contributed by atoms with Crippen LogP contribution in [0.5, 0.6) is 5.75 Å². The van der Waals surface area contributed by atoms with E-state index < -0.39 is 23.4 Å². The molecule has 4 amide bonds. The Hall–Kier alpha value is -4.21. The number of anilines is 1. The Balaban J connectivity index is 1.19. The summed E-state index contributed by atoms with van der Waals surface area (Å²) >= 11 is 0. The molecule has 1 saturated heterocycles. The van der Waals surface area contributed by atoms with Crippen LogP contribution in [0.4, 0.5) is 10.5 Å². The summed E-state index contributed by atoms with van der Waals surface area (Å²) in [6.07, 6.45) is 4.57. The number of fused-ring (bicyclic) bond motifs is 3. The van der Waals surface area contributed by atoms with Crippen molar-refractivity contribution >= 4 is 23.5 Å². The van der Waals surface area contributed by atoms with E-state index in [0.717, 1.165) is 47.9 Å². The smallest absolute Gasteiger partial charge is 0.325 e. The topological polar surface area (TPSA) is 118 Å². The van der Waals surface area contributed by atoms with Crippen molar-refractivity contribution < 1.29 is 19.1 Å².